The summed E-state index contributed by atoms with van der Waals surface area (Å²) in [5.41, 5.74) is 0. The molecule has 2 heteroatoms. The minimum atomic E-state index is -0.258. The Morgan fingerprint density at radius 2 is 1.80 bits per heavy atom. The molecule has 1 fully saturated rings. The minimum absolute atomic E-state index is 0.258. The average molecular weight is 144 g/mol. The molecule has 1 heterocycles. The van der Waals surface area contributed by atoms with Gasteiger partial charge in [-0.15, -0.1) is 0 Å². The Kier molecular flexibility index (Phi) is 2.32. The number of hydrogen-bond donors (Lipinski definition) is 1. The van der Waals surface area contributed by atoms with Crippen molar-refractivity contribution in [2.75, 3.05) is 6.61 Å². The van der Waals surface area contributed by atoms with Crippen LogP contribution in [-0.2, 0) is 4.74 Å². The molecule has 1 rings (SSSR count). The standard InChI is InChI=1S/C8H16O2/c1-5-6(2)8(9)4-10-7(5)3/h5-9H,4H2,1-3H3/t5-,6-,7-,8-/m0/s1. The molecule has 1 aliphatic rings. The van der Waals surface area contributed by atoms with Crippen molar-refractivity contribution in [3.05, 3.63) is 0 Å². The van der Waals surface area contributed by atoms with Gasteiger partial charge in [0.05, 0.1) is 18.8 Å². The topological polar surface area (TPSA) is 29.5 Å². The molecule has 0 aromatic carbocycles. The second-order valence-corrected chi connectivity index (χ2v) is 3.32. The lowest BCUT2D eigenvalue weighted by Gasteiger charge is -2.35. The first-order valence-electron chi connectivity index (χ1n) is 3.92. The zero-order valence-corrected chi connectivity index (χ0v) is 6.87. The molecular weight excluding hydrogens is 128 g/mol. The van der Waals surface area contributed by atoms with Crippen molar-refractivity contribution < 1.29 is 9.84 Å². The van der Waals surface area contributed by atoms with E-state index in [-0.39, 0.29) is 6.10 Å². The fourth-order valence-electron chi connectivity index (χ4n) is 1.33. The van der Waals surface area contributed by atoms with Crippen LogP contribution in [0.2, 0.25) is 0 Å². The molecule has 0 saturated carbocycles. The van der Waals surface area contributed by atoms with Crippen LogP contribution in [0.5, 0.6) is 0 Å². The molecule has 0 unspecified atom stereocenters. The van der Waals surface area contributed by atoms with Gasteiger partial charge in [-0.05, 0) is 18.8 Å². The van der Waals surface area contributed by atoms with E-state index in [0.717, 1.165) is 0 Å². The van der Waals surface area contributed by atoms with E-state index in [0.29, 0.717) is 24.5 Å². The second-order valence-electron chi connectivity index (χ2n) is 3.32. The van der Waals surface area contributed by atoms with Crippen LogP contribution in [0.1, 0.15) is 20.8 Å². The highest BCUT2D eigenvalue weighted by molar-refractivity contribution is 4.78. The van der Waals surface area contributed by atoms with Crippen LogP contribution in [0, 0.1) is 11.8 Å². The van der Waals surface area contributed by atoms with E-state index < -0.39 is 0 Å². The molecule has 1 saturated heterocycles. The van der Waals surface area contributed by atoms with Gasteiger partial charge in [-0.1, -0.05) is 13.8 Å². The lowest BCUT2D eigenvalue weighted by Crippen LogP contribution is -2.41. The summed E-state index contributed by atoms with van der Waals surface area (Å²) in [6.45, 7) is 6.77. The zero-order chi connectivity index (χ0) is 7.72. The number of aliphatic hydroxyl groups is 1. The van der Waals surface area contributed by atoms with Crippen LogP contribution in [0.15, 0.2) is 0 Å². The Morgan fingerprint density at radius 1 is 1.20 bits per heavy atom. The summed E-state index contributed by atoms with van der Waals surface area (Å²) in [6.07, 6.45) is 0.0459. The Labute approximate surface area is 62.2 Å². The van der Waals surface area contributed by atoms with Crippen molar-refractivity contribution >= 4 is 0 Å². The number of ether oxygens (including phenoxy) is 1. The molecule has 0 aliphatic carbocycles. The third kappa shape index (κ3) is 1.32. The summed E-state index contributed by atoms with van der Waals surface area (Å²) < 4.78 is 5.32. The van der Waals surface area contributed by atoms with Gasteiger partial charge in [-0.25, -0.2) is 0 Å². The maximum absolute atomic E-state index is 9.34. The lowest BCUT2D eigenvalue weighted by molar-refractivity contribution is -0.109. The highest BCUT2D eigenvalue weighted by atomic mass is 16.5. The quantitative estimate of drug-likeness (QED) is 0.550. The van der Waals surface area contributed by atoms with Crippen LogP contribution in [0.25, 0.3) is 0 Å². The first kappa shape index (κ1) is 8.02. The first-order chi connectivity index (χ1) is 4.63. The van der Waals surface area contributed by atoms with Gasteiger partial charge in [-0.2, -0.15) is 0 Å². The van der Waals surface area contributed by atoms with Crippen molar-refractivity contribution in [2.45, 2.75) is 33.0 Å². The van der Waals surface area contributed by atoms with Gasteiger partial charge >= 0.3 is 0 Å². The molecule has 0 aromatic rings. The SMILES string of the molecule is C[C@H]1[C@H](C)[C@@H](O)CO[C@H]1C. The van der Waals surface area contributed by atoms with E-state index in [1.165, 1.54) is 0 Å². The fourth-order valence-corrected chi connectivity index (χ4v) is 1.33. The van der Waals surface area contributed by atoms with E-state index in [9.17, 15) is 5.11 Å². The third-order valence-electron chi connectivity index (χ3n) is 2.71. The van der Waals surface area contributed by atoms with E-state index in [2.05, 4.69) is 20.8 Å². The number of aliphatic hydroxyl groups excluding tert-OH is 1. The Morgan fingerprint density at radius 3 is 2.30 bits per heavy atom. The minimum Gasteiger partial charge on any atom is -0.390 e. The highest BCUT2D eigenvalue weighted by Crippen LogP contribution is 2.25. The van der Waals surface area contributed by atoms with Gasteiger partial charge in [0.2, 0.25) is 0 Å². The summed E-state index contributed by atoms with van der Waals surface area (Å²) >= 11 is 0. The maximum atomic E-state index is 9.34. The smallest absolute Gasteiger partial charge is 0.0802 e. The fraction of sp³-hybridized carbons (Fsp3) is 1.00. The van der Waals surface area contributed by atoms with Crippen molar-refractivity contribution in [3.8, 4) is 0 Å². The molecule has 1 N–H and O–H groups in total. The van der Waals surface area contributed by atoms with Gasteiger partial charge in [-0.3, -0.25) is 0 Å². The largest absolute Gasteiger partial charge is 0.390 e. The van der Waals surface area contributed by atoms with E-state index in [1.54, 1.807) is 0 Å². The van der Waals surface area contributed by atoms with Gasteiger partial charge in [0, 0.05) is 0 Å². The Balaban J connectivity index is 2.52. The summed E-state index contributed by atoms with van der Waals surface area (Å²) in [6, 6.07) is 0. The van der Waals surface area contributed by atoms with Gasteiger partial charge in [0.25, 0.3) is 0 Å². The summed E-state index contributed by atoms with van der Waals surface area (Å²) in [5.74, 6) is 0.854. The van der Waals surface area contributed by atoms with Crippen LogP contribution >= 0.6 is 0 Å². The molecule has 0 aromatic heterocycles. The lowest BCUT2D eigenvalue weighted by atomic mass is 9.85. The highest BCUT2D eigenvalue weighted by Gasteiger charge is 2.30. The van der Waals surface area contributed by atoms with Crippen molar-refractivity contribution in [3.63, 3.8) is 0 Å². The first-order valence-corrected chi connectivity index (χ1v) is 3.92. The number of rotatable bonds is 0. The average Bonchev–Trinajstić information content (AvgIpc) is 1.93. The van der Waals surface area contributed by atoms with Gasteiger partial charge in [0.15, 0.2) is 0 Å². The van der Waals surface area contributed by atoms with E-state index in [4.69, 9.17) is 4.74 Å². The van der Waals surface area contributed by atoms with Crippen LogP contribution in [0.4, 0.5) is 0 Å². The van der Waals surface area contributed by atoms with Gasteiger partial charge < -0.3 is 9.84 Å². The van der Waals surface area contributed by atoms with Crippen LogP contribution in [0.3, 0.4) is 0 Å². The second kappa shape index (κ2) is 2.89. The molecule has 4 atom stereocenters. The molecule has 0 amide bonds. The summed E-state index contributed by atoms with van der Waals surface area (Å²) in [5, 5.41) is 9.34. The van der Waals surface area contributed by atoms with Crippen molar-refractivity contribution in [1.29, 1.82) is 0 Å². The summed E-state index contributed by atoms with van der Waals surface area (Å²) in [7, 11) is 0. The van der Waals surface area contributed by atoms with E-state index >= 15 is 0 Å². The zero-order valence-electron chi connectivity index (χ0n) is 6.87. The summed E-state index contributed by atoms with van der Waals surface area (Å²) in [4.78, 5) is 0. The molecule has 0 radical (unpaired) electrons. The predicted octanol–water partition coefficient (Wildman–Crippen LogP) is 1.04. The van der Waals surface area contributed by atoms with E-state index in [1.807, 2.05) is 0 Å². The van der Waals surface area contributed by atoms with Crippen LogP contribution in [-0.4, -0.2) is 23.9 Å². The predicted molar refractivity (Wildman–Crippen MR) is 39.7 cm³/mol. The Hall–Kier alpha value is -0.0800. The molecular formula is C8H16O2. The van der Waals surface area contributed by atoms with Gasteiger partial charge in [0.1, 0.15) is 0 Å². The number of hydrogen-bond acceptors (Lipinski definition) is 2. The maximum Gasteiger partial charge on any atom is 0.0802 e. The third-order valence-corrected chi connectivity index (χ3v) is 2.71. The molecule has 1 aliphatic heterocycles. The van der Waals surface area contributed by atoms with Crippen LogP contribution < -0.4 is 0 Å². The van der Waals surface area contributed by atoms with Crippen molar-refractivity contribution in [1.82, 2.24) is 0 Å². The molecule has 10 heavy (non-hydrogen) atoms. The Bertz CT molecular complexity index is 99.8. The van der Waals surface area contributed by atoms with Crippen molar-refractivity contribution in [2.24, 2.45) is 11.8 Å². The normalized spacial score (nSPS) is 49.2. The molecule has 0 bridgehead atoms. The monoisotopic (exact) mass is 144 g/mol. The molecule has 2 nitrogen and oxygen atoms in total. The molecule has 0 spiro atoms. The molecule has 60 valence electrons.